The van der Waals surface area contributed by atoms with E-state index in [9.17, 15) is 0 Å². The normalized spacial score (nSPS) is 11.0. The van der Waals surface area contributed by atoms with Gasteiger partial charge in [0.15, 0.2) is 0 Å². The lowest BCUT2D eigenvalue weighted by molar-refractivity contribution is 0.454. The topological polar surface area (TPSA) is 77.8 Å². The zero-order valence-corrected chi connectivity index (χ0v) is 9.59. The van der Waals surface area contributed by atoms with Crippen LogP contribution in [0.25, 0.3) is 10.2 Å². The van der Waals surface area contributed by atoms with E-state index in [4.69, 9.17) is 10.2 Å². The predicted molar refractivity (Wildman–Crippen MR) is 62.5 cm³/mol. The third kappa shape index (κ3) is 1.63. The average Bonchev–Trinajstić information content (AvgIpc) is 2.87. The second-order valence-corrected chi connectivity index (χ2v) is 4.76. The van der Waals surface area contributed by atoms with Gasteiger partial charge in [-0.2, -0.15) is 0 Å². The van der Waals surface area contributed by atoms with Crippen LogP contribution in [0.4, 0.5) is 5.95 Å². The van der Waals surface area contributed by atoms with Crippen molar-refractivity contribution >= 4 is 39.3 Å². The van der Waals surface area contributed by atoms with Crippen LogP contribution in [0.5, 0.6) is 0 Å². The molecule has 7 heteroatoms. The van der Waals surface area contributed by atoms with Crippen molar-refractivity contribution in [1.82, 2.24) is 15.0 Å². The number of nitrogens with two attached hydrogens (primary N) is 1. The van der Waals surface area contributed by atoms with Gasteiger partial charge in [0.1, 0.15) is 16.1 Å². The van der Waals surface area contributed by atoms with E-state index >= 15 is 0 Å². The molecular formula is C9H6N4OS2. The minimum atomic E-state index is 0.268. The number of oxazole rings is 1. The lowest BCUT2D eigenvalue weighted by Gasteiger charge is -1.99. The zero-order chi connectivity index (χ0) is 11.0. The fraction of sp³-hybridized carbons (Fsp3) is 0. The number of aromatic nitrogens is 3. The highest BCUT2D eigenvalue weighted by Gasteiger charge is 2.10. The molecule has 0 fully saturated rings. The van der Waals surface area contributed by atoms with Gasteiger partial charge in [0.05, 0.1) is 6.20 Å². The van der Waals surface area contributed by atoms with Crippen molar-refractivity contribution in [3.05, 3.63) is 23.9 Å². The van der Waals surface area contributed by atoms with E-state index in [1.807, 2.05) is 11.4 Å². The quantitative estimate of drug-likeness (QED) is 0.704. The molecule has 0 spiro atoms. The summed E-state index contributed by atoms with van der Waals surface area (Å²) in [6.45, 7) is 0. The molecule has 0 bridgehead atoms. The zero-order valence-electron chi connectivity index (χ0n) is 7.95. The van der Waals surface area contributed by atoms with Gasteiger partial charge in [-0.05, 0) is 23.2 Å². The molecule has 0 aromatic carbocycles. The minimum Gasteiger partial charge on any atom is -0.440 e. The molecule has 3 heterocycles. The SMILES string of the molecule is Nc1nc(Sc2ncco2)c2ccsc2n1. The first-order valence-electron chi connectivity index (χ1n) is 4.41. The maximum Gasteiger partial charge on any atom is 0.261 e. The predicted octanol–water partition coefficient (Wildman–Crippen LogP) is 2.41. The van der Waals surface area contributed by atoms with Crippen LogP contribution in [0.2, 0.25) is 0 Å². The second kappa shape index (κ2) is 3.76. The number of nitrogens with zero attached hydrogens (tertiary/aromatic N) is 3. The highest BCUT2D eigenvalue weighted by Crippen LogP contribution is 2.32. The molecule has 0 saturated carbocycles. The molecule has 0 aliphatic carbocycles. The Morgan fingerprint density at radius 2 is 2.31 bits per heavy atom. The van der Waals surface area contributed by atoms with Gasteiger partial charge >= 0.3 is 0 Å². The van der Waals surface area contributed by atoms with Crippen LogP contribution in [0.1, 0.15) is 0 Å². The number of rotatable bonds is 2. The molecule has 5 nitrogen and oxygen atoms in total. The summed E-state index contributed by atoms with van der Waals surface area (Å²) in [6, 6.07) is 1.96. The third-order valence-electron chi connectivity index (χ3n) is 1.90. The fourth-order valence-corrected chi connectivity index (χ4v) is 2.90. The van der Waals surface area contributed by atoms with E-state index < -0.39 is 0 Å². The Balaban J connectivity index is 2.11. The van der Waals surface area contributed by atoms with Crippen molar-refractivity contribution in [3.8, 4) is 0 Å². The number of anilines is 1. The van der Waals surface area contributed by atoms with Crippen LogP contribution in [-0.4, -0.2) is 15.0 Å². The lowest BCUT2D eigenvalue weighted by atomic mass is 10.4. The Hall–Kier alpha value is -1.60. The molecule has 2 N–H and O–H groups in total. The summed E-state index contributed by atoms with van der Waals surface area (Å²) in [6.07, 6.45) is 3.12. The molecule has 3 aromatic heterocycles. The first kappa shape index (κ1) is 9.61. The Morgan fingerprint density at radius 1 is 1.38 bits per heavy atom. The Bertz CT molecular complexity index is 620. The second-order valence-electron chi connectivity index (χ2n) is 2.93. The Morgan fingerprint density at radius 3 is 3.12 bits per heavy atom. The summed E-state index contributed by atoms with van der Waals surface area (Å²) in [7, 11) is 0. The molecule has 16 heavy (non-hydrogen) atoms. The standard InChI is InChI=1S/C9H6N4OS2/c10-8-12-6-5(1-4-15-6)7(13-8)16-9-11-2-3-14-9/h1-4H,(H2,10,12,13). The number of fused-ring (bicyclic) bond motifs is 1. The first-order valence-corrected chi connectivity index (χ1v) is 6.10. The Kier molecular flexibility index (Phi) is 2.26. The van der Waals surface area contributed by atoms with E-state index in [0.717, 1.165) is 15.2 Å². The van der Waals surface area contributed by atoms with E-state index in [-0.39, 0.29) is 5.95 Å². The first-order chi connectivity index (χ1) is 7.83. The third-order valence-corrected chi connectivity index (χ3v) is 3.59. The van der Waals surface area contributed by atoms with Gasteiger partial charge in [0, 0.05) is 5.39 Å². The van der Waals surface area contributed by atoms with Crippen molar-refractivity contribution in [3.63, 3.8) is 0 Å². The van der Waals surface area contributed by atoms with Gasteiger partial charge in [-0.3, -0.25) is 0 Å². The van der Waals surface area contributed by atoms with Crippen LogP contribution in [-0.2, 0) is 0 Å². The van der Waals surface area contributed by atoms with Gasteiger partial charge in [-0.1, -0.05) is 0 Å². The monoisotopic (exact) mass is 250 g/mol. The summed E-state index contributed by atoms with van der Waals surface area (Å²) in [5.74, 6) is 0.268. The van der Waals surface area contributed by atoms with E-state index in [0.29, 0.717) is 5.22 Å². The van der Waals surface area contributed by atoms with Crippen LogP contribution in [0, 0.1) is 0 Å². The summed E-state index contributed by atoms with van der Waals surface area (Å²) < 4.78 is 5.16. The van der Waals surface area contributed by atoms with Crippen molar-refractivity contribution in [2.75, 3.05) is 5.73 Å². The number of hydrogen-bond donors (Lipinski definition) is 1. The summed E-state index contributed by atoms with van der Waals surface area (Å²) >= 11 is 2.87. The molecule has 0 aliphatic rings. The lowest BCUT2D eigenvalue weighted by Crippen LogP contribution is -1.95. The van der Waals surface area contributed by atoms with Crippen LogP contribution >= 0.6 is 23.1 Å². The summed E-state index contributed by atoms with van der Waals surface area (Å²) in [5.41, 5.74) is 5.63. The number of hydrogen-bond acceptors (Lipinski definition) is 7. The Labute approximate surface area is 98.7 Å². The maximum atomic E-state index is 5.63. The fourth-order valence-electron chi connectivity index (χ4n) is 1.27. The maximum absolute atomic E-state index is 5.63. The molecule has 0 amide bonds. The van der Waals surface area contributed by atoms with E-state index in [1.165, 1.54) is 29.4 Å². The van der Waals surface area contributed by atoms with Gasteiger partial charge in [0.2, 0.25) is 5.95 Å². The molecule has 3 aromatic rings. The summed E-state index contributed by atoms with van der Waals surface area (Å²) in [4.78, 5) is 13.2. The minimum absolute atomic E-state index is 0.268. The molecule has 0 radical (unpaired) electrons. The molecule has 0 saturated heterocycles. The molecule has 0 atom stereocenters. The number of thiophene rings is 1. The van der Waals surface area contributed by atoms with Crippen LogP contribution < -0.4 is 5.73 Å². The van der Waals surface area contributed by atoms with Crippen molar-refractivity contribution in [2.45, 2.75) is 10.2 Å². The van der Waals surface area contributed by atoms with Gasteiger partial charge < -0.3 is 10.2 Å². The van der Waals surface area contributed by atoms with Crippen molar-refractivity contribution in [1.29, 1.82) is 0 Å². The van der Waals surface area contributed by atoms with Crippen LogP contribution in [0.3, 0.4) is 0 Å². The molecule has 80 valence electrons. The molecule has 0 unspecified atom stereocenters. The van der Waals surface area contributed by atoms with Crippen LogP contribution in [0.15, 0.2) is 38.6 Å². The molecule has 3 rings (SSSR count). The number of nitrogen functional groups attached to an aromatic ring is 1. The highest BCUT2D eigenvalue weighted by atomic mass is 32.2. The van der Waals surface area contributed by atoms with E-state index in [1.54, 1.807) is 6.20 Å². The largest absolute Gasteiger partial charge is 0.440 e. The summed E-state index contributed by atoms with van der Waals surface area (Å²) in [5, 5.41) is 4.25. The highest BCUT2D eigenvalue weighted by molar-refractivity contribution is 7.99. The van der Waals surface area contributed by atoms with Gasteiger partial charge in [-0.25, -0.2) is 15.0 Å². The molecule has 0 aliphatic heterocycles. The van der Waals surface area contributed by atoms with Crippen molar-refractivity contribution in [2.24, 2.45) is 0 Å². The average molecular weight is 250 g/mol. The van der Waals surface area contributed by atoms with Gasteiger partial charge in [0.25, 0.3) is 5.22 Å². The van der Waals surface area contributed by atoms with E-state index in [2.05, 4.69) is 15.0 Å². The van der Waals surface area contributed by atoms with Gasteiger partial charge in [-0.15, -0.1) is 11.3 Å². The molecular weight excluding hydrogens is 244 g/mol. The van der Waals surface area contributed by atoms with Crippen molar-refractivity contribution < 1.29 is 4.42 Å². The smallest absolute Gasteiger partial charge is 0.261 e.